The van der Waals surface area contributed by atoms with Gasteiger partial charge in [-0.2, -0.15) is 0 Å². The van der Waals surface area contributed by atoms with Gasteiger partial charge in [0.2, 0.25) is 0 Å². The van der Waals surface area contributed by atoms with Crippen molar-refractivity contribution in [3.63, 3.8) is 0 Å². The van der Waals surface area contributed by atoms with Crippen LogP contribution >= 0.6 is 15.6 Å². The number of halogens is 12. The maximum Gasteiger partial charge on any atom is 2.00 e. The van der Waals surface area contributed by atoms with Gasteiger partial charge in [-0.15, -0.1) is 6.42 Å². The largest absolute Gasteiger partial charge is 2.00 e. The van der Waals surface area contributed by atoms with Crippen molar-refractivity contribution < 1.29 is 93.9 Å². The molecule has 0 bridgehead atoms. The minimum atomic E-state index is -10.7. The van der Waals surface area contributed by atoms with Crippen molar-refractivity contribution in [2.24, 2.45) is 0 Å². The normalized spacial score (nSPS) is 12.9. The number of benzene rings is 4. The maximum atomic E-state index is 12.6. The topological polar surface area (TPSA) is 143 Å². The second kappa shape index (κ2) is 28.4. The molecule has 0 aliphatic heterocycles. The van der Waals surface area contributed by atoms with Crippen molar-refractivity contribution >= 4 is 86.9 Å². The number of aryl methyl sites for hydroxylation is 8. The van der Waals surface area contributed by atoms with Crippen LogP contribution in [0, 0.1) is 67.7 Å². The molecule has 10 aromatic rings. The van der Waals surface area contributed by atoms with Crippen LogP contribution in [-0.4, -0.2) is 95.2 Å². The van der Waals surface area contributed by atoms with Gasteiger partial charge in [-0.1, -0.05) is 54.5 Å². The van der Waals surface area contributed by atoms with Crippen molar-refractivity contribution in [2.75, 3.05) is 59.4 Å². The van der Waals surface area contributed by atoms with Gasteiger partial charge in [0.1, 0.15) is 6.61 Å². The summed E-state index contributed by atoms with van der Waals surface area (Å²) in [6.45, 7) is 20.9. The number of aromatic nitrogens is 6. The molecule has 27 heteroatoms. The third-order valence-corrected chi connectivity index (χ3v) is 13.6. The van der Waals surface area contributed by atoms with E-state index in [9.17, 15) is 55.2 Å². The van der Waals surface area contributed by atoms with Gasteiger partial charge in [-0.05, 0) is 141 Å². The Morgan fingerprint density at radius 2 is 0.787 bits per heavy atom. The number of nitrogens with one attached hydrogen (secondary N) is 1. The fourth-order valence-corrected chi connectivity index (χ4v) is 8.72. The molecule has 0 aliphatic carbocycles. The Labute approximate surface area is 518 Å². The van der Waals surface area contributed by atoms with Gasteiger partial charge in [0.25, 0.3) is 5.91 Å². The number of rotatable bonds is 15. The molecule has 12 nitrogen and oxygen atoms in total. The SMILES string of the molecule is C#CCOCCOCCOCCOCCNC(=O)c1ccc(-c2cc3cccnc3c3ncccc23)cc1.Cc1cnc2c(ccc3c(C)c(C)cnc32)c1C.Cc1cnc2c(ccc3c(C)c(C)cnc32)c1C.F[P-](F)(F)(F)(F)F.F[P-](F)(F)(F)(F)F.[Os+2]. The van der Waals surface area contributed by atoms with E-state index >= 15 is 0 Å². The van der Waals surface area contributed by atoms with Gasteiger partial charge < -0.3 is 24.3 Å². The molecule has 0 atom stereocenters. The van der Waals surface area contributed by atoms with E-state index in [4.69, 9.17) is 25.4 Å². The fraction of sp³-hybridized carbons (Fsp3) is 0.274. The Bertz CT molecular complexity index is 3890. The number of ether oxygens (including phenoxy) is 4. The van der Waals surface area contributed by atoms with Crippen LogP contribution in [-0.2, 0) is 38.7 Å². The average Bonchev–Trinajstić information content (AvgIpc) is 0.893. The molecule has 478 valence electrons. The minimum Gasteiger partial charge on any atom is 2.00 e. The predicted molar refractivity (Wildman–Crippen MR) is 326 cm³/mol. The Balaban J connectivity index is 0.000000235. The number of carbonyl (C=O) groups is 1. The number of hydrogen-bond acceptors (Lipinski definition) is 11. The Kier molecular flexibility index (Phi) is 23.1. The summed E-state index contributed by atoms with van der Waals surface area (Å²) in [5.74, 6) is 2.25. The average molecular weight is 1470 g/mol. The third kappa shape index (κ3) is 23.3. The molecule has 0 spiro atoms. The third-order valence-electron chi connectivity index (χ3n) is 13.6. The van der Waals surface area contributed by atoms with Gasteiger partial charge in [-0.25, -0.2) is 0 Å². The zero-order valence-electron chi connectivity index (χ0n) is 49.4. The van der Waals surface area contributed by atoms with Crippen LogP contribution in [0.15, 0.2) is 116 Å². The van der Waals surface area contributed by atoms with E-state index in [-0.39, 0.29) is 25.7 Å². The number of amides is 1. The molecule has 0 saturated heterocycles. The first-order valence-corrected chi connectivity index (χ1v) is 31.0. The van der Waals surface area contributed by atoms with E-state index in [1.54, 1.807) is 12.4 Å². The summed E-state index contributed by atoms with van der Waals surface area (Å²) in [7, 11) is -21.3. The van der Waals surface area contributed by atoms with Crippen LogP contribution in [0.5, 0.6) is 0 Å². The summed E-state index contributed by atoms with van der Waals surface area (Å²) >= 11 is 0. The number of carbonyl (C=O) groups excluding carboxylic acids is 1. The van der Waals surface area contributed by atoms with Crippen molar-refractivity contribution in [2.45, 2.75) is 55.4 Å². The van der Waals surface area contributed by atoms with Crippen LogP contribution in [0.4, 0.5) is 50.4 Å². The summed E-state index contributed by atoms with van der Waals surface area (Å²) in [6.07, 6.45) is 16.4. The second-order valence-corrected chi connectivity index (χ2v) is 24.1. The van der Waals surface area contributed by atoms with Crippen LogP contribution in [0.1, 0.15) is 54.9 Å². The first-order chi connectivity index (χ1) is 40.9. The van der Waals surface area contributed by atoms with Gasteiger partial charge in [0, 0.05) is 81.6 Å². The van der Waals surface area contributed by atoms with Crippen LogP contribution in [0.3, 0.4) is 0 Å². The first kappa shape index (κ1) is 72.6. The van der Waals surface area contributed by atoms with E-state index in [2.05, 4.69) is 127 Å². The van der Waals surface area contributed by atoms with E-state index in [0.29, 0.717) is 65.0 Å². The van der Waals surface area contributed by atoms with Crippen molar-refractivity contribution in [1.29, 1.82) is 0 Å². The predicted octanol–water partition coefficient (Wildman–Crippen LogP) is 18.7. The quantitative estimate of drug-likeness (QED) is 0.0344. The molecule has 6 heterocycles. The van der Waals surface area contributed by atoms with Crippen molar-refractivity contribution in [1.82, 2.24) is 35.2 Å². The zero-order valence-corrected chi connectivity index (χ0v) is 53.7. The summed E-state index contributed by atoms with van der Waals surface area (Å²) in [4.78, 5) is 39.9. The van der Waals surface area contributed by atoms with Gasteiger partial charge >= 0.3 is 85.8 Å². The van der Waals surface area contributed by atoms with E-state index < -0.39 is 15.6 Å². The molecule has 0 fully saturated rings. The fourth-order valence-electron chi connectivity index (χ4n) is 8.72. The van der Waals surface area contributed by atoms with Crippen molar-refractivity contribution in [3.8, 4) is 23.5 Å². The number of fused-ring (bicyclic) bond motifs is 9. The standard InChI is InChI=1S/C30H31N3O5.2C16H16N2.2F6P.Os/c1-2-14-35-16-18-37-20-21-38-19-17-36-15-13-33-30(34)24-9-7-23(8-10-24)27-22-25-5-3-11-31-28(25)29-26(27)6-4-12-32-29;2*1-9-7-17-15-13(11(9)3)5-6-14-12(4)10(2)8-18-16(14)15;2*1-7(2,3,4,5)6;/h1,3-12,22H,13-21H2,(H,33,34);2*5-8H,1-4H3;;;/q;;;2*-1;+2. The van der Waals surface area contributed by atoms with E-state index in [1.807, 2.05) is 73.3 Å². The second-order valence-electron chi connectivity index (χ2n) is 20.2. The molecular formula is C62H63F12N7O5OsP2. The molecule has 10 rings (SSSR count). The summed E-state index contributed by atoms with van der Waals surface area (Å²) in [5, 5.41) is 9.76. The van der Waals surface area contributed by atoms with Crippen LogP contribution in [0.25, 0.3) is 76.5 Å². The van der Waals surface area contributed by atoms with Crippen LogP contribution in [0.2, 0.25) is 0 Å². The molecule has 89 heavy (non-hydrogen) atoms. The summed E-state index contributed by atoms with van der Waals surface area (Å²) < 4.78 is 140. The molecule has 6 aromatic heterocycles. The first-order valence-electron chi connectivity index (χ1n) is 27.0. The van der Waals surface area contributed by atoms with Gasteiger partial charge in [-0.3, -0.25) is 34.7 Å². The smallest absolute Gasteiger partial charge is 2.00 e. The molecular weight excluding hydrogens is 1400 g/mol. The summed E-state index contributed by atoms with van der Waals surface area (Å²) in [6, 6.07) is 26.3. The minimum absolute atomic E-state index is 0. The molecule has 0 saturated carbocycles. The molecule has 0 aliphatic rings. The zero-order chi connectivity index (χ0) is 65.0. The molecule has 4 aromatic carbocycles. The molecule has 0 unspecified atom stereocenters. The molecule has 1 amide bonds. The number of terminal acetylenes is 1. The Hall–Kier alpha value is -7.13. The van der Waals surface area contributed by atoms with E-state index in [0.717, 1.165) is 55.0 Å². The summed E-state index contributed by atoms with van der Waals surface area (Å²) in [5.41, 5.74) is 18.5. The van der Waals surface area contributed by atoms with E-state index in [1.165, 1.54) is 66.1 Å². The number of hydrogen-bond donors (Lipinski definition) is 1. The van der Waals surface area contributed by atoms with Crippen molar-refractivity contribution in [3.05, 3.63) is 166 Å². The van der Waals surface area contributed by atoms with Crippen LogP contribution < -0.4 is 5.32 Å². The monoisotopic (exact) mass is 1470 g/mol. The number of nitrogens with zero attached hydrogens (tertiary/aromatic N) is 6. The molecule has 0 radical (unpaired) electrons. The Morgan fingerprint density at radius 1 is 0.449 bits per heavy atom. The van der Waals surface area contributed by atoms with Gasteiger partial charge in [0.05, 0.1) is 79.3 Å². The Morgan fingerprint density at radius 3 is 1.17 bits per heavy atom. The molecule has 1 N–H and O–H groups in total. The van der Waals surface area contributed by atoms with Gasteiger partial charge in [0.15, 0.2) is 0 Å². The number of pyridine rings is 6. The maximum absolute atomic E-state index is 12.6.